The summed E-state index contributed by atoms with van der Waals surface area (Å²) in [5.74, 6) is 0.168. The van der Waals surface area contributed by atoms with Crippen molar-refractivity contribution in [2.45, 2.75) is 46.5 Å². The molecule has 0 saturated heterocycles. The zero-order valence-corrected chi connectivity index (χ0v) is 13.7. The molecule has 0 spiro atoms. The second-order valence-corrected chi connectivity index (χ2v) is 6.75. The van der Waals surface area contributed by atoms with Gasteiger partial charge in [-0.05, 0) is 23.8 Å². The molecule has 1 aromatic carbocycles. The van der Waals surface area contributed by atoms with Gasteiger partial charge in [0.25, 0.3) is 0 Å². The van der Waals surface area contributed by atoms with Crippen LogP contribution in [0.2, 0.25) is 0 Å². The fourth-order valence-corrected chi connectivity index (χ4v) is 2.87. The third kappa shape index (κ3) is 4.06. The molecule has 0 bridgehead atoms. The smallest absolute Gasteiger partial charge is 0.168 e. The van der Waals surface area contributed by atoms with E-state index in [1.165, 1.54) is 0 Å². The average molecular weight is 299 g/mol. The molecule has 22 heavy (non-hydrogen) atoms. The van der Waals surface area contributed by atoms with E-state index in [2.05, 4.69) is 25.8 Å². The van der Waals surface area contributed by atoms with E-state index < -0.39 is 0 Å². The minimum atomic E-state index is -0.0831. The maximum atomic E-state index is 12.5. The summed E-state index contributed by atoms with van der Waals surface area (Å²) >= 11 is 0. The summed E-state index contributed by atoms with van der Waals surface area (Å²) in [6.07, 6.45) is 2.53. The lowest BCUT2D eigenvalue weighted by atomic mass is 9.73. The molecule has 1 aromatic rings. The molecule has 0 amide bonds. The van der Waals surface area contributed by atoms with E-state index in [0.717, 1.165) is 24.1 Å². The molecule has 1 saturated carbocycles. The van der Waals surface area contributed by atoms with Crippen molar-refractivity contribution in [2.75, 3.05) is 6.54 Å². The second kappa shape index (κ2) is 6.91. The lowest BCUT2D eigenvalue weighted by molar-refractivity contribution is -0.117. The van der Waals surface area contributed by atoms with Gasteiger partial charge in [-0.1, -0.05) is 51.1 Å². The number of aliphatic hydroxyl groups is 1. The quantitative estimate of drug-likeness (QED) is 0.666. The van der Waals surface area contributed by atoms with E-state index in [1.807, 2.05) is 30.3 Å². The fourth-order valence-electron chi connectivity index (χ4n) is 2.87. The lowest BCUT2D eigenvalue weighted by Gasteiger charge is -2.31. The molecule has 0 atom stereocenters. The molecule has 0 heterocycles. The average Bonchev–Trinajstić information content (AvgIpc) is 2.44. The normalized spacial score (nSPS) is 22.0. The maximum absolute atomic E-state index is 12.5. The summed E-state index contributed by atoms with van der Waals surface area (Å²) < 4.78 is 0. The van der Waals surface area contributed by atoms with Crippen LogP contribution in [0.15, 0.2) is 46.7 Å². The molecular weight excluding hydrogens is 274 g/mol. The van der Waals surface area contributed by atoms with Crippen molar-refractivity contribution < 1.29 is 9.90 Å². The summed E-state index contributed by atoms with van der Waals surface area (Å²) in [6, 6.07) is 9.72. The maximum Gasteiger partial charge on any atom is 0.168 e. The van der Waals surface area contributed by atoms with Gasteiger partial charge in [0, 0.05) is 25.1 Å². The first-order valence-corrected chi connectivity index (χ1v) is 7.96. The molecule has 2 rings (SSSR count). The van der Waals surface area contributed by atoms with E-state index in [1.54, 1.807) is 0 Å². The van der Waals surface area contributed by atoms with Gasteiger partial charge in [0.1, 0.15) is 5.76 Å². The van der Waals surface area contributed by atoms with Crippen LogP contribution in [0.25, 0.3) is 0 Å². The van der Waals surface area contributed by atoms with Gasteiger partial charge in [-0.15, -0.1) is 0 Å². The molecule has 1 N–H and O–H groups in total. The Morgan fingerprint density at radius 1 is 1.23 bits per heavy atom. The highest BCUT2D eigenvalue weighted by Gasteiger charge is 2.35. The van der Waals surface area contributed by atoms with Crippen LogP contribution in [0, 0.1) is 5.41 Å². The van der Waals surface area contributed by atoms with Gasteiger partial charge < -0.3 is 5.11 Å². The van der Waals surface area contributed by atoms with Gasteiger partial charge >= 0.3 is 0 Å². The molecule has 3 nitrogen and oxygen atoms in total. The van der Waals surface area contributed by atoms with Crippen LogP contribution in [-0.4, -0.2) is 23.1 Å². The number of carbonyl (C=O) groups excluding carboxylic acids is 1. The van der Waals surface area contributed by atoms with Crippen LogP contribution in [-0.2, 0) is 11.2 Å². The first-order valence-electron chi connectivity index (χ1n) is 7.96. The van der Waals surface area contributed by atoms with Crippen LogP contribution in [0.4, 0.5) is 0 Å². The van der Waals surface area contributed by atoms with E-state index >= 15 is 0 Å². The minimum absolute atomic E-state index is 0.0135. The number of ketones is 1. The number of nitrogens with zero attached hydrogens (tertiary/aromatic N) is 1. The molecule has 0 radical (unpaired) electrons. The number of aliphatic imine (C=N–C) groups is 1. The highest BCUT2D eigenvalue weighted by Crippen LogP contribution is 2.35. The van der Waals surface area contributed by atoms with Crippen LogP contribution in [0.5, 0.6) is 0 Å². The third-order valence-electron chi connectivity index (χ3n) is 3.88. The van der Waals surface area contributed by atoms with Gasteiger partial charge in [-0.25, -0.2) is 0 Å². The molecule has 118 valence electrons. The van der Waals surface area contributed by atoms with Crippen molar-refractivity contribution in [1.82, 2.24) is 0 Å². The van der Waals surface area contributed by atoms with Crippen molar-refractivity contribution in [3.63, 3.8) is 0 Å². The van der Waals surface area contributed by atoms with E-state index in [0.29, 0.717) is 25.0 Å². The summed E-state index contributed by atoms with van der Waals surface area (Å²) in [6.45, 7) is 6.92. The minimum Gasteiger partial charge on any atom is -0.511 e. The van der Waals surface area contributed by atoms with Gasteiger partial charge in [0.15, 0.2) is 5.78 Å². The molecular formula is C19H25NO2. The topological polar surface area (TPSA) is 49.7 Å². The predicted octanol–water partition coefficient (Wildman–Crippen LogP) is 4.28. The van der Waals surface area contributed by atoms with Crippen LogP contribution in [0.1, 0.15) is 45.6 Å². The van der Waals surface area contributed by atoms with E-state index in [9.17, 15) is 9.90 Å². The van der Waals surface area contributed by atoms with Crippen molar-refractivity contribution in [1.29, 1.82) is 0 Å². The molecule has 3 heteroatoms. The molecule has 1 aliphatic rings. The Morgan fingerprint density at radius 3 is 2.55 bits per heavy atom. The monoisotopic (exact) mass is 299 g/mol. The van der Waals surface area contributed by atoms with Crippen molar-refractivity contribution in [3.8, 4) is 0 Å². The Morgan fingerprint density at radius 2 is 1.91 bits per heavy atom. The SMILES string of the molecule is CCCN=C1CC(C)(C)CC(=O)C1=C(O)Cc1ccccc1. The fraction of sp³-hybridized carbons (Fsp3) is 0.474. The molecule has 1 aliphatic carbocycles. The Kier molecular flexibility index (Phi) is 5.17. The highest BCUT2D eigenvalue weighted by atomic mass is 16.3. The van der Waals surface area contributed by atoms with Gasteiger partial charge in [0.2, 0.25) is 0 Å². The zero-order chi connectivity index (χ0) is 16.2. The number of allylic oxidation sites excluding steroid dienone is 2. The number of hydrogen-bond donors (Lipinski definition) is 1. The summed E-state index contributed by atoms with van der Waals surface area (Å²) in [5.41, 5.74) is 2.15. The molecule has 0 aliphatic heterocycles. The van der Waals surface area contributed by atoms with Gasteiger partial charge in [-0.3, -0.25) is 9.79 Å². The number of aliphatic hydroxyl groups excluding tert-OH is 1. The molecule has 0 unspecified atom stereocenters. The first kappa shape index (κ1) is 16.5. The molecule has 0 aromatic heterocycles. The molecule has 1 fully saturated rings. The zero-order valence-electron chi connectivity index (χ0n) is 13.7. The van der Waals surface area contributed by atoms with Crippen molar-refractivity contribution >= 4 is 11.5 Å². The predicted molar refractivity (Wildman–Crippen MR) is 90.4 cm³/mol. The summed E-state index contributed by atoms with van der Waals surface area (Å²) in [4.78, 5) is 17.1. The van der Waals surface area contributed by atoms with Crippen LogP contribution < -0.4 is 0 Å². The van der Waals surface area contributed by atoms with Gasteiger partial charge in [0.05, 0.1) is 5.57 Å². The van der Waals surface area contributed by atoms with Crippen molar-refractivity contribution in [3.05, 3.63) is 47.2 Å². The van der Waals surface area contributed by atoms with Gasteiger partial charge in [-0.2, -0.15) is 0 Å². The number of Topliss-reactive ketones (excluding diaryl/α,β-unsaturated/α-hetero) is 1. The third-order valence-corrected chi connectivity index (χ3v) is 3.88. The summed E-state index contributed by atoms with van der Waals surface area (Å²) in [7, 11) is 0. The number of hydrogen-bond acceptors (Lipinski definition) is 3. The Labute approximate surface area is 132 Å². The van der Waals surface area contributed by atoms with Crippen LogP contribution >= 0.6 is 0 Å². The lowest BCUT2D eigenvalue weighted by Crippen LogP contribution is -2.33. The highest BCUT2D eigenvalue weighted by molar-refractivity contribution is 6.24. The van der Waals surface area contributed by atoms with E-state index in [4.69, 9.17) is 0 Å². The Hall–Kier alpha value is -1.90. The van der Waals surface area contributed by atoms with E-state index in [-0.39, 0.29) is 17.0 Å². The largest absolute Gasteiger partial charge is 0.511 e. The Bertz CT molecular complexity index is 597. The standard InChI is InChI=1S/C19H25NO2/c1-4-10-20-15-12-19(2,3)13-17(22)18(15)16(21)11-14-8-6-5-7-9-14/h5-9,21H,4,10-13H2,1-3H3. The summed E-state index contributed by atoms with van der Waals surface area (Å²) in [5, 5.41) is 10.5. The number of rotatable bonds is 4. The second-order valence-electron chi connectivity index (χ2n) is 6.75. The number of benzene rings is 1. The Balaban J connectivity index is 2.35. The number of carbonyl (C=O) groups is 1. The first-order chi connectivity index (χ1) is 10.4. The van der Waals surface area contributed by atoms with Crippen LogP contribution in [0.3, 0.4) is 0 Å². The van der Waals surface area contributed by atoms with Crippen molar-refractivity contribution in [2.24, 2.45) is 10.4 Å².